The fourth-order valence-corrected chi connectivity index (χ4v) is 6.34. The van der Waals surface area contributed by atoms with Gasteiger partial charge in [-0.1, -0.05) is 145 Å². The van der Waals surface area contributed by atoms with Crippen LogP contribution in [0.1, 0.15) is 115 Å². The van der Waals surface area contributed by atoms with Crippen molar-refractivity contribution in [2.75, 3.05) is 0 Å². The van der Waals surface area contributed by atoms with Crippen LogP contribution in [0, 0.1) is 0 Å². The van der Waals surface area contributed by atoms with Crippen molar-refractivity contribution in [3.8, 4) is 0 Å². The van der Waals surface area contributed by atoms with Gasteiger partial charge in [-0.2, -0.15) is 0 Å². The lowest BCUT2D eigenvalue weighted by Gasteiger charge is -2.49. The van der Waals surface area contributed by atoms with Crippen molar-refractivity contribution < 1.29 is 19.0 Å². The number of benzene rings is 2. The summed E-state index contributed by atoms with van der Waals surface area (Å²) >= 11 is 0. The van der Waals surface area contributed by atoms with E-state index in [0.717, 1.165) is 24.0 Å². The molecule has 41 heavy (non-hydrogen) atoms. The number of β-lactam (4-membered cyclic amide) rings is 1. The van der Waals surface area contributed by atoms with E-state index >= 15 is 0 Å². The Morgan fingerprint density at radius 2 is 1.27 bits per heavy atom. The Bertz CT molecular complexity index is 1010. The number of unbranched alkanes of at least 4 members (excludes halogenated alkanes) is 11. The van der Waals surface area contributed by atoms with Gasteiger partial charge in [0.1, 0.15) is 6.10 Å². The molecule has 2 fully saturated rings. The largest absolute Gasteiger partial charge is 0.361 e. The zero-order valence-electron chi connectivity index (χ0n) is 25.8. The second kappa shape index (κ2) is 16.4. The molecule has 0 N–H and O–H groups in total. The van der Waals surface area contributed by atoms with E-state index in [9.17, 15) is 4.79 Å². The Kier molecular flexibility index (Phi) is 12.7. The minimum absolute atomic E-state index is 0.0344. The second-order valence-electron chi connectivity index (χ2n) is 12.5. The molecule has 0 spiro atoms. The monoisotopic (exact) mass is 563 g/mol. The lowest BCUT2D eigenvalue weighted by molar-refractivity contribution is -0.199. The summed E-state index contributed by atoms with van der Waals surface area (Å²) in [5.41, 5.74) is 2.18. The first-order valence-electron chi connectivity index (χ1n) is 16.3. The molecule has 2 aromatic carbocycles. The Morgan fingerprint density at radius 3 is 1.85 bits per heavy atom. The van der Waals surface area contributed by atoms with Gasteiger partial charge in [0.05, 0.1) is 18.8 Å². The summed E-state index contributed by atoms with van der Waals surface area (Å²) in [7, 11) is 0. The summed E-state index contributed by atoms with van der Waals surface area (Å²) in [4.78, 5) is 15.3. The van der Waals surface area contributed by atoms with Gasteiger partial charge < -0.3 is 19.1 Å². The highest BCUT2D eigenvalue weighted by Crippen LogP contribution is 2.40. The summed E-state index contributed by atoms with van der Waals surface area (Å²) in [6.45, 7) is 7.23. The molecular weight excluding hydrogens is 510 g/mol. The first-order valence-corrected chi connectivity index (χ1v) is 16.3. The third-order valence-electron chi connectivity index (χ3n) is 8.56. The SMILES string of the molecule is CCCCCCCCCCCCCC[C@H]1OC(C)(C)O[C@@H]1[C@@H]1[C@H](OCc2ccccc2)C(=O)N1Cc1ccccc1. The van der Waals surface area contributed by atoms with Crippen molar-refractivity contribution >= 4 is 5.91 Å². The first-order chi connectivity index (χ1) is 20.0. The molecule has 2 saturated heterocycles. The average molecular weight is 564 g/mol. The van der Waals surface area contributed by atoms with Crippen LogP contribution < -0.4 is 0 Å². The maximum atomic E-state index is 13.4. The van der Waals surface area contributed by atoms with Crippen LogP contribution in [-0.2, 0) is 32.2 Å². The lowest BCUT2D eigenvalue weighted by atomic mass is 9.87. The van der Waals surface area contributed by atoms with E-state index in [1.807, 2.05) is 67.3 Å². The van der Waals surface area contributed by atoms with Crippen molar-refractivity contribution in [1.82, 2.24) is 4.90 Å². The van der Waals surface area contributed by atoms with E-state index in [4.69, 9.17) is 14.2 Å². The molecule has 226 valence electrons. The summed E-state index contributed by atoms with van der Waals surface area (Å²) in [5.74, 6) is -0.639. The normalized spacial score (nSPS) is 23.6. The third-order valence-corrected chi connectivity index (χ3v) is 8.56. The zero-order valence-corrected chi connectivity index (χ0v) is 25.8. The Labute approximate surface area is 248 Å². The van der Waals surface area contributed by atoms with Gasteiger partial charge in [0.2, 0.25) is 0 Å². The fourth-order valence-electron chi connectivity index (χ4n) is 6.34. The molecule has 2 aliphatic heterocycles. The van der Waals surface area contributed by atoms with E-state index < -0.39 is 11.9 Å². The number of hydrogen-bond acceptors (Lipinski definition) is 4. The lowest BCUT2D eigenvalue weighted by Crippen LogP contribution is -2.70. The molecule has 0 unspecified atom stereocenters. The molecule has 2 aliphatic rings. The number of hydrogen-bond donors (Lipinski definition) is 0. The van der Waals surface area contributed by atoms with Crippen LogP contribution in [0.15, 0.2) is 60.7 Å². The molecular formula is C36H53NO4. The predicted molar refractivity (Wildman–Crippen MR) is 165 cm³/mol. The molecule has 1 amide bonds. The van der Waals surface area contributed by atoms with Crippen LogP contribution in [-0.4, -0.2) is 40.9 Å². The van der Waals surface area contributed by atoms with Gasteiger partial charge in [-0.25, -0.2) is 0 Å². The van der Waals surface area contributed by atoms with Crippen molar-refractivity contribution in [3.05, 3.63) is 71.8 Å². The molecule has 4 atom stereocenters. The second-order valence-corrected chi connectivity index (χ2v) is 12.5. The standard InChI is InChI=1S/C36H53NO4/c1-4-5-6-7-8-9-10-11-12-13-14-21-26-31-33(41-36(2,3)40-31)32-34(39-28-30-24-19-16-20-25-30)35(38)37(32)27-29-22-17-15-18-23-29/h15-20,22-25,31-34H,4-14,21,26-28H2,1-3H3/t31-,32-,33+,34+/m1/s1. The highest BCUT2D eigenvalue weighted by atomic mass is 16.8. The molecule has 5 heteroatoms. The average Bonchev–Trinajstić information content (AvgIpc) is 3.28. The Balaban J connectivity index is 1.29. The quantitative estimate of drug-likeness (QED) is 0.127. The molecule has 0 radical (unpaired) electrons. The smallest absolute Gasteiger partial charge is 0.254 e. The highest BCUT2D eigenvalue weighted by Gasteiger charge is 2.58. The van der Waals surface area contributed by atoms with Crippen molar-refractivity contribution in [3.63, 3.8) is 0 Å². The van der Waals surface area contributed by atoms with Gasteiger partial charge in [-0.05, 0) is 31.4 Å². The minimum Gasteiger partial charge on any atom is -0.361 e. The minimum atomic E-state index is -0.673. The molecule has 2 heterocycles. The van der Waals surface area contributed by atoms with E-state index in [-0.39, 0.29) is 24.2 Å². The van der Waals surface area contributed by atoms with Gasteiger partial charge in [0, 0.05) is 6.54 Å². The first kappa shape index (κ1) is 31.7. The topological polar surface area (TPSA) is 48.0 Å². The Hall–Kier alpha value is -2.21. The molecule has 0 bridgehead atoms. The summed E-state index contributed by atoms with van der Waals surface area (Å²) in [5, 5.41) is 0. The number of carbonyl (C=O) groups excluding carboxylic acids is 1. The molecule has 2 aromatic rings. The van der Waals surface area contributed by atoms with Gasteiger partial charge >= 0.3 is 0 Å². The third kappa shape index (κ3) is 9.66. The van der Waals surface area contributed by atoms with Gasteiger partial charge in [0.15, 0.2) is 11.9 Å². The van der Waals surface area contributed by atoms with Crippen LogP contribution in [0.25, 0.3) is 0 Å². The van der Waals surface area contributed by atoms with Gasteiger partial charge in [-0.3, -0.25) is 4.79 Å². The predicted octanol–water partition coefficient (Wildman–Crippen LogP) is 8.59. The Morgan fingerprint density at radius 1 is 0.732 bits per heavy atom. The molecule has 0 saturated carbocycles. The fraction of sp³-hybridized carbons (Fsp3) is 0.639. The summed E-state index contributed by atoms with van der Waals surface area (Å²) < 4.78 is 19.2. The van der Waals surface area contributed by atoms with Crippen LogP contribution in [0.3, 0.4) is 0 Å². The zero-order chi connectivity index (χ0) is 28.9. The maximum Gasteiger partial charge on any atom is 0.254 e. The highest BCUT2D eigenvalue weighted by molar-refractivity contribution is 5.88. The molecule has 0 aliphatic carbocycles. The number of rotatable bonds is 19. The molecule has 4 rings (SSSR count). The number of carbonyl (C=O) groups is 1. The van der Waals surface area contributed by atoms with Gasteiger partial charge in [0.25, 0.3) is 5.91 Å². The number of ether oxygens (including phenoxy) is 3. The van der Waals surface area contributed by atoms with Crippen molar-refractivity contribution in [1.29, 1.82) is 0 Å². The summed E-state index contributed by atoms with van der Waals surface area (Å²) in [6.07, 6.45) is 16.1. The molecule has 5 nitrogen and oxygen atoms in total. The van der Waals surface area contributed by atoms with Crippen molar-refractivity contribution in [2.45, 2.75) is 148 Å². The van der Waals surface area contributed by atoms with Crippen LogP contribution in [0.5, 0.6) is 0 Å². The number of nitrogens with zero attached hydrogens (tertiary/aromatic N) is 1. The number of likely N-dealkylation sites (tertiary alicyclic amines) is 1. The van der Waals surface area contributed by atoms with E-state index in [0.29, 0.717) is 13.2 Å². The van der Waals surface area contributed by atoms with E-state index in [1.165, 1.54) is 70.6 Å². The van der Waals surface area contributed by atoms with Gasteiger partial charge in [-0.15, -0.1) is 0 Å². The van der Waals surface area contributed by atoms with Crippen molar-refractivity contribution in [2.24, 2.45) is 0 Å². The van der Waals surface area contributed by atoms with Crippen LogP contribution in [0.4, 0.5) is 0 Å². The van der Waals surface area contributed by atoms with E-state index in [2.05, 4.69) is 19.1 Å². The van der Waals surface area contributed by atoms with Crippen LogP contribution in [0.2, 0.25) is 0 Å². The number of amides is 1. The van der Waals surface area contributed by atoms with E-state index in [1.54, 1.807) is 0 Å². The summed E-state index contributed by atoms with van der Waals surface area (Å²) in [6, 6.07) is 20.1. The molecule has 0 aromatic heterocycles. The van der Waals surface area contributed by atoms with Crippen LogP contribution >= 0.6 is 0 Å². The maximum absolute atomic E-state index is 13.4.